The molecule has 0 aromatic carbocycles. The number of aldehydes is 1. The Morgan fingerprint density at radius 3 is 2.70 bits per heavy atom. The minimum absolute atomic E-state index is 0.459. The highest BCUT2D eigenvalue weighted by Gasteiger charge is 2.06. The van der Waals surface area contributed by atoms with E-state index in [0.29, 0.717) is 12.7 Å². The van der Waals surface area contributed by atoms with Crippen molar-refractivity contribution in [3.63, 3.8) is 0 Å². The third-order valence-electron chi connectivity index (χ3n) is 1.09. The molecule has 0 fully saturated rings. The molecule has 58 valence electrons. The SMILES string of the molecule is CCC(C=O)NC(=O)CO. The lowest BCUT2D eigenvalue weighted by Crippen LogP contribution is -2.37. The average Bonchev–Trinajstić information content (AvgIpc) is 1.99. The molecule has 1 amide bonds. The van der Waals surface area contributed by atoms with Crippen LogP contribution >= 0.6 is 0 Å². The molecule has 0 saturated heterocycles. The van der Waals surface area contributed by atoms with Gasteiger partial charge in [0.15, 0.2) is 0 Å². The third-order valence-corrected chi connectivity index (χ3v) is 1.09. The predicted molar refractivity (Wildman–Crippen MR) is 35.4 cm³/mol. The molecule has 0 aliphatic carbocycles. The summed E-state index contributed by atoms with van der Waals surface area (Å²) in [7, 11) is 0. The van der Waals surface area contributed by atoms with Crippen molar-refractivity contribution in [1.29, 1.82) is 0 Å². The number of nitrogens with one attached hydrogen (secondary N) is 1. The third kappa shape index (κ3) is 3.19. The van der Waals surface area contributed by atoms with Gasteiger partial charge in [0, 0.05) is 0 Å². The quantitative estimate of drug-likeness (QED) is 0.502. The summed E-state index contributed by atoms with van der Waals surface area (Å²) in [5, 5.41) is 10.6. The van der Waals surface area contributed by atoms with Crippen LogP contribution in [0.15, 0.2) is 0 Å². The monoisotopic (exact) mass is 145 g/mol. The summed E-state index contributed by atoms with van der Waals surface area (Å²) in [5.74, 6) is -0.515. The van der Waals surface area contributed by atoms with Gasteiger partial charge in [-0.25, -0.2) is 0 Å². The molecular weight excluding hydrogens is 134 g/mol. The highest BCUT2D eigenvalue weighted by molar-refractivity contribution is 5.80. The molecule has 0 spiro atoms. The van der Waals surface area contributed by atoms with Crippen molar-refractivity contribution in [1.82, 2.24) is 5.32 Å². The van der Waals surface area contributed by atoms with Crippen LogP contribution in [0.1, 0.15) is 13.3 Å². The number of hydrogen-bond donors (Lipinski definition) is 2. The molecule has 1 atom stereocenters. The molecule has 4 nitrogen and oxygen atoms in total. The van der Waals surface area contributed by atoms with Crippen LogP contribution in [0, 0.1) is 0 Å². The van der Waals surface area contributed by atoms with E-state index >= 15 is 0 Å². The number of carbonyl (C=O) groups is 2. The minimum atomic E-state index is -0.565. The summed E-state index contributed by atoms with van der Waals surface area (Å²) in [6, 6.07) is -0.459. The summed E-state index contributed by atoms with van der Waals surface area (Å²) < 4.78 is 0. The summed E-state index contributed by atoms with van der Waals surface area (Å²) in [6.07, 6.45) is 1.20. The van der Waals surface area contributed by atoms with Crippen LogP contribution in [0.25, 0.3) is 0 Å². The standard InChI is InChI=1S/C6H11NO3/c1-2-5(3-8)7-6(10)4-9/h3,5,9H,2,4H2,1H3,(H,7,10). The van der Waals surface area contributed by atoms with Crippen molar-refractivity contribution in [3.8, 4) is 0 Å². The van der Waals surface area contributed by atoms with Gasteiger partial charge in [-0.05, 0) is 6.42 Å². The summed E-state index contributed by atoms with van der Waals surface area (Å²) >= 11 is 0. The minimum Gasteiger partial charge on any atom is -0.387 e. The molecular formula is C6H11NO3. The van der Waals surface area contributed by atoms with E-state index in [-0.39, 0.29) is 0 Å². The van der Waals surface area contributed by atoms with E-state index in [4.69, 9.17) is 5.11 Å². The molecule has 0 aromatic rings. The highest BCUT2D eigenvalue weighted by atomic mass is 16.3. The van der Waals surface area contributed by atoms with Crippen LogP contribution < -0.4 is 5.32 Å². The average molecular weight is 145 g/mol. The Morgan fingerprint density at radius 1 is 1.80 bits per heavy atom. The predicted octanol–water partition coefficient (Wildman–Crippen LogP) is -0.928. The van der Waals surface area contributed by atoms with Gasteiger partial charge in [-0.15, -0.1) is 0 Å². The molecule has 10 heavy (non-hydrogen) atoms. The molecule has 0 saturated carbocycles. The Morgan fingerprint density at radius 2 is 2.40 bits per heavy atom. The number of aliphatic hydroxyl groups is 1. The maximum Gasteiger partial charge on any atom is 0.246 e. The zero-order valence-corrected chi connectivity index (χ0v) is 5.83. The Hall–Kier alpha value is -0.900. The maximum absolute atomic E-state index is 10.4. The fraction of sp³-hybridized carbons (Fsp3) is 0.667. The number of rotatable bonds is 4. The number of aliphatic hydroxyl groups excluding tert-OH is 1. The largest absolute Gasteiger partial charge is 0.387 e. The zero-order chi connectivity index (χ0) is 7.98. The van der Waals surface area contributed by atoms with Crippen LogP contribution in [-0.2, 0) is 9.59 Å². The van der Waals surface area contributed by atoms with Gasteiger partial charge in [-0.2, -0.15) is 0 Å². The fourth-order valence-electron chi connectivity index (χ4n) is 0.485. The van der Waals surface area contributed by atoms with Crippen molar-refractivity contribution in [2.24, 2.45) is 0 Å². The topological polar surface area (TPSA) is 66.4 Å². The van der Waals surface area contributed by atoms with E-state index in [1.807, 2.05) is 0 Å². The lowest BCUT2D eigenvalue weighted by Gasteiger charge is -2.07. The highest BCUT2D eigenvalue weighted by Crippen LogP contribution is 1.83. The normalized spacial score (nSPS) is 12.2. The second-order valence-electron chi connectivity index (χ2n) is 1.88. The van der Waals surface area contributed by atoms with E-state index in [1.54, 1.807) is 6.92 Å². The lowest BCUT2D eigenvalue weighted by molar-refractivity contribution is -0.126. The van der Waals surface area contributed by atoms with Gasteiger partial charge in [0.2, 0.25) is 5.91 Å². The molecule has 0 bridgehead atoms. The van der Waals surface area contributed by atoms with Gasteiger partial charge in [-0.1, -0.05) is 6.92 Å². The van der Waals surface area contributed by atoms with Gasteiger partial charge in [0.1, 0.15) is 12.9 Å². The Bertz CT molecular complexity index is 124. The van der Waals surface area contributed by atoms with Gasteiger partial charge in [0.25, 0.3) is 0 Å². The van der Waals surface area contributed by atoms with Crippen LogP contribution in [-0.4, -0.2) is 29.9 Å². The van der Waals surface area contributed by atoms with Crippen LogP contribution in [0.2, 0.25) is 0 Å². The first kappa shape index (κ1) is 9.10. The van der Waals surface area contributed by atoms with Crippen LogP contribution in [0.3, 0.4) is 0 Å². The summed E-state index contributed by atoms with van der Waals surface area (Å²) in [4.78, 5) is 20.5. The molecule has 2 N–H and O–H groups in total. The number of carbonyl (C=O) groups excluding carboxylic acids is 2. The van der Waals surface area contributed by atoms with E-state index < -0.39 is 18.6 Å². The Labute approximate surface area is 59.2 Å². The van der Waals surface area contributed by atoms with Crippen LogP contribution in [0.5, 0.6) is 0 Å². The molecule has 0 radical (unpaired) electrons. The van der Waals surface area contributed by atoms with Crippen molar-refractivity contribution in [3.05, 3.63) is 0 Å². The van der Waals surface area contributed by atoms with Crippen molar-refractivity contribution in [2.75, 3.05) is 6.61 Å². The lowest BCUT2D eigenvalue weighted by atomic mass is 10.2. The number of amides is 1. The number of hydrogen-bond acceptors (Lipinski definition) is 3. The smallest absolute Gasteiger partial charge is 0.246 e. The van der Waals surface area contributed by atoms with Gasteiger partial charge in [0.05, 0.1) is 6.04 Å². The first-order chi connectivity index (χ1) is 4.74. The first-order valence-corrected chi connectivity index (χ1v) is 3.10. The maximum atomic E-state index is 10.4. The Balaban J connectivity index is 3.62. The molecule has 0 aliphatic rings. The second kappa shape index (κ2) is 4.93. The van der Waals surface area contributed by atoms with Crippen molar-refractivity contribution < 1.29 is 14.7 Å². The fourth-order valence-corrected chi connectivity index (χ4v) is 0.485. The van der Waals surface area contributed by atoms with E-state index in [1.165, 1.54) is 0 Å². The van der Waals surface area contributed by atoms with E-state index in [0.717, 1.165) is 0 Å². The second-order valence-corrected chi connectivity index (χ2v) is 1.88. The molecule has 4 heteroatoms. The Kier molecular flexibility index (Phi) is 4.49. The van der Waals surface area contributed by atoms with Crippen molar-refractivity contribution in [2.45, 2.75) is 19.4 Å². The van der Waals surface area contributed by atoms with Gasteiger partial charge < -0.3 is 15.2 Å². The molecule has 1 unspecified atom stereocenters. The van der Waals surface area contributed by atoms with E-state index in [9.17, 15) is 9.59 Å². The summed E-state index contributed by atoms with van der Waals surface area (Å²) in [5.41, 5.74) is 0. The molecule has 0 aliphatic heterocycles. The van der Waals surface area contributed by atoms with Crippen LogP contribution in [0.4, 0.5) is 0 Å². The molecule has 0 aromatic heterocycles. The molecule has 0 rings (SSSR count). The zero-order valence-electron chi connectivity index (χ0n) is 5.83. The van der Waals surface area contributed by atoms with Gasteiger partial charge >= 0.3 is 0 Å². The van der Waals surface area contributed by atoms with Gasteiger partial charge in [-0.3, -0.25) is 4.79 Å². The van der Waals surface area contributed by atoms with E-state index in [2.05, 4.69) is 5.32 Å². The first-order valence-electron chi connectivity index (χ1n) is 3.10. The van der Waals surface area contributed by atoms with Crippen molar-refractivity contribution >= 4 is 12.2 Å². The molecule has 0 heterocycles. The summed E-state index contributed by atoms with van der Waals surface area (Å²) in [6.45, 7) is 1.21.